The molecule has 2 heterocycles. The number of aliphatic hydroxyl groups is 1. The van der Waals surface area contributed by atoms with Crippen molar-refractivity contribution in [3.8, 4) is 0 Å². The summed E-state index contributed by atoms with van der Waals surface area (Å²) in [6.07, 6.45) is 13.4. The van der Waals surface area contributed by atoms with E-state index >= 15 is 0 Å². The number of hydrogen-bond acceptors (Lipinski definition) is 7. The van der Waals surface area contributed by atoms with Crippen LogP contribution in [0.25, 0.3) is 6.08 Å². The van der Waals surface area contributed by atoms with E-state index in [1.165, 1.54) is 0 Å². The molecule has 7 rings (SSSR count). The maximum atomic E-state index is 13.4. The molecule has 0 aromatic heterocycles. The fourth-order valence-electron chi connectivity index (χ4n) is 6.68. The lowest BCUT2D eigenvalue weighted by atomic mass is 9.88. The highest BCUT2D eigenvalue weighted by Crippen LogP contribution is 2.59. The Morgan fingerprint density at radius 1 is 1.08 bits per heavy atom. The number of nitrogens with one attached hydrogen (secondary N) is 1. The van der Waals surface area contributed by atoms with Crippen molar-refractivity contribution < 1.29 is 33.6 Å². The highest BCUT2D eigenvalue weighted by molar-refractivity contribution is 5.94. The second-order valence-corrected chi connectivity index (χ2v) is 12.0. The Morgan fingerprint density at radius 3 is 2.64 bits per heavy atom. The molecule has 8 heteroatoms. The molecule has 1 amide bonds. The molecular weight excluding hydrogens is 498 g/mol. The normalized spacial score (nSPS) is 34.6. The third kappa shape index (κ3) is 5.20. The van der Waals surface area contributed by atoms with E-state index in [-0.39, 0.29) is 25.5 Å². The minimum absolute atomic E-state index is 0.143. The minimum Gasteiger partial charge on any atom is -0.456 e. The smallest absolute Gasteiger partial charge is 0.338 e. The molecule has 5 fully saturated rings. The van der Waals surface area contributed by atoms with Gasteiger partial charge in [0, 0.05) is 30.4 Å². The standard InChI is InChI=1S/C31H37NO7/c33-13-12-32-29(34)21-16-26(28-27(17-21)38-31(39-28,22-7-8-22)23-9-10-23)37-30(35)20-3-1-2-18(14-20)4-5-19-6-11-24-25(15-19)36-24/h1-5,14,17,19,22-28,33H,6-13,15-16H2,(H,32,34)/t19?,24?,25?,26-,27-,28+/m1/s1. The molecule has 6 aliphatic rings. The lowest BCUT2D eigenvalue weighted by Crippen LogP contribution is -2.44. The van der Waals surface area contributed by atoms with Crippen molar-refractivity contribution in [3.63, 3.8) is 0 Å². The van der Waals surface area contributed by atoms with Gasteiger partial charge in [-0.05, 0) is 74.6 Å². The van der Waals surface area contributed by atoms with Crippen molar-refractivity contribution in [2.24, 2.45) is 17.8 Å². The van der Waals surface area contributed by atoms with E-state index in [1.54, 1.807) is 6.07 Å². The SMILES string of the molecule is O=C(NCCO)C1=C[C@H]2OC(C3CC3)(C3CC3)O[C@H]2[C@H](OC(=O)c2cccc(C=CC3CCC4OC4C3)c2)C1. The van der Waals surface area contributed by atoms with Crippen molar-refractivity contribution in [3.05, 3.63) is 53.1 Å². The number of allylic oxidation sites excluding steroid dienone is 1. The van der Waals surface area contributed by atoms with E-state index in [4.69, 9.17) is 24.1 Å². The van der Waals surface area contributed by atoms with Crippen LogP contribution in [-0.4, -0.2) is 66.4 Å². The Kier molecular flexibility index (Phi) is 6.62. The lowest BCUT2D eigenvalue weighted by Gasteiger charge is -2.31. The van der Waals surface area contributed by atoms with Gasteiger partial charge in [-0.25, -0.2) is 4.79 Å². The van der Waals surface area contributed by atoms with E-state index in [0.29, 0.717) is 41.1 Å². The third-order valence-electron chi connectivity index (χ3n) is 9.09. The van der Waals surface area contributed by atoms with E-state index in [2.05, 4.69) is 17.5 Å². The van der Waals surface area contributed by atoms with E-state index in [0.717, 1.165) is 50.5 Å². The van der Waals surface area contributed by atoms with Crippen LogP contribution in [0, 0.1) is 17.8 Å². The first-order chi connectivity index (χ1) is 19.0. The second kappa shape index (κ2) is 10.1. The predicted molar refractivity (Wildman–Crippen MR) is 141 cm³/mol. The number of aliphatic hydroxyl groups excluding tert-OH is 1. The van der Waals surface area contributed by atoms with Crippen LogP contribution in [0.3, 0.4) is 0 Å². The Morgan fingerprint density at radius 2 is 1.90 bits per heavy atom. The van der Waals surface area contributed by atoms with Crippen LogP contribution in [0.15, 0.2) is 42.0 Å². The summed E-state index contributed by atoms with van der Waals surface area (Å²) in [5.41, 5.74) is 1.92. The zero-order chi connectivity index (χ0) is 26.6. The number of hydrogen-bond donors (Lipinski definition) is 2. The Balaban J connectivity index is 1.07. The summed E-state index contributed by atoms with van der Waals surface area (Å²) in [4.78, 5) is 26.2. The largest absolute Gasteiger partial charge is 0.456 e. The number of epoxide rings is 1. The number of esters is 1. The summed E-state index contributed by atoms with van der Waals surface area (Å²) in [6.45, 7) is 0.0194. The quantitative estimate of drug-likeness (QED) is 0.368. The van der Waals surface area contributed by atoms with Crippen molar-refractivity contribution in [2.75, 3.05) is 13.2 Å². The molecule has 208 valence electrons. The zero-order valence-corrected chi connectivity index (χ0v) is 22.1. The Bertz CT molecular complexity index is 1170. The number of fused-ring (bicyclic) bond motifs is 2. The molecule has 39 heavy (non-hydrogen) atoms. The summed E-state index contributed by atoms with van der Waals surface area (Å²) in [5.74, 6) is -0.127. The van der Waals surface area contributed by atoms with E-state index in [9.17, 15) is 9.59 Å². The Hall–Kier alpha value is -2.52. The third-order valence-corrected chi connectivity index (χ3v) is 9.09. The predicted octanol–water partition coefficient (Wildman–Crippen LogP) is 3.53. The molecule has 0 radical (unpaired) electrons. The number of benzene rings is 1. The van der Waals surface area contributed by atoms with Gasteiger partial charge in [-0.1, -0.05) is 24.3 Å². The molecule has 6 atom stereocenters. The number of carbonyl (C=O) groups is 2. The fourth-order valence-corrected chi connectivity index (χ4v) is 6.68. The fraction of sp³-hybridized carbons (Fsp3) is 0.613. The molecule has 1 aromatic rings. The minimum atomic E-state index is -0.644. The van der Waals surface area contributed by atoms with Crippen molar-refractivity contribution in [1.82, 2.24) is 5.32 Å². The number of carbonyl (C=O) groups excluding carboxylic acids is 2. The van der Waals surface area contributed by atoms with Crippen LogP contribution in [0.4, 0.5) is 0 Å². The molecule has 0 bridgehead atoms. The van der Waals surface area contributed by atoms with Gasteiger partial charge in [-0.15, -0.1) is 0 Å². The summed E-state index contributed by atoms with van der Waals surface area (Å²) in [5, 5.41) is 11.9. The van der Waals surface area contributed by atoms with Crippen molar-refractivity contribution >= 4 is 18.0 Å². The van der Waals surface area contributed by atoms with Gasteiger partial charge in [-0.2, -0.15) is 0 Å². The van der Waals surface area contributed by atoms with Crippen LogP contribution in [0.2, 0.25) is 0 Å². The first kappa shape index (κ1) is 25.4. The van der Waals surface area contributed by atoms with Crippen molar-refractivity contribution in [1.29, 1.82) is 0 Å². The van der Waals surface area contributed by atoms with Crippen molar-refractivity contribution in [2.45, 2.75) is 87.7 Å². The number of rotatable bonds is 9. The molecule has 3 saturated carbocycles. The molecule has 4 aliphatic carbocycles. The monoisotopic (exact) mass is 535 g/mol. The maximum absolute atomic E-state index is 13.4. The molecule has 0 spiro atoms. The Labute approximate surface area is 228 Å². The van der Waals surface area contributed by atoms with Gasteiger partial charge < -0.3 is 29.4 Å². The summed E-state index contributed by atoms with van der Waals surface area (Å²) in [7, 11) is 0. The average Bonchev–Trinajstić information content (AvgIpc) is 3.81. The lowest BCUT2D eigenvalue weighted by molar-refractivity contribution is -0.209. The van der Waals surface area contributed by atoms with Crippen LogP contribution in [0.5, 0.6) is 0 Å². The van der Waals surface area contributed by atoms with Gasteiger partial charge in [0.05, 0.1) is 24.4 Å². The van der Waals surface area contributed by atoms with Gasteiger partial charge in [-0.3, -0.25) is 4.79 Å². The second-order valence-electron chi connectivity index (χ2n) is 12.0. The van der Waals surface area contributed by atoms with Gasteiger partial charge >= 0.3 is 5.97 Å². The maximum Gasteiger partial charge on any atom is 0.338 e. The van der Waals surface area contributed by atoms with E-state index < -0.39 is 30.1 Å². The van der Waals surface area contributed by atoms with Gasteiger partial charge in [0.1, 0.15) is 18.3 Å². The molecule has 1 aromatic carbocycles. The van der Waals surface area contributed by atoms with Gasteiger partial charge in [0.15, 0.2) is 5.79 Å². The first-order valence-electron chi connectivity index (χ1n) is 14.6. The number of ether oxygens (including phenoxy) is 4. The van der Waals surface area contributed by atoms with Crippen LogP contribution < -0.4 is 5.32 Å². The van der Waals surface area contributed by atoms with Gasteiger partial charge in [0.25, 0.3) is 0 Å². The van der Waals surface area contributed by atoms with Crippen LogP contribution in [0.1, 0.15) is 67.3 Å². The topological polar surface area (TPSA) is 107 Å². The average molecular weight is 536 g/mol. The van der Waals surface area contributed by atoms with E-state index in [1.807, 2.05) is 24.3 Å². The molecule has 2 aliphatic heterocycles. The molecule has 2 N–H and O–H groups in total. The molecule has 8 nitrogen and oxygen atoms in total. The van der Waals surface area contributed by atoms with Gasteiger partial charge in [0.2, 0.25) is 5.91 Å². The number of amides is 1. The highest BCUT2D eigenvalue weighted by Gasteiger charge is 2.64. The summed E-state index contributed by atoms with van der Waals surface area (Å²) < 4.78 is 25.0. The molecule has 3 unspecified atom stereocenters. The highest BCUT2D eigenvalue weighted by atomic mass is 16.8. The van der Waals surface area contributed by atoms with Crippen LogP contribution in [-0.2, 0) is 23.7 Å². The zero-order valence-electron chi connectivity index (χ0n) is 22.1. The molecule has 2 saturated heterocycles. The summed E-state index contributed by atoms with van der Waals surface area (Å²) >= 11 is 0. The first-order valence-corrected chi connectivity index (χ1v) is 14.6. The summed E-state index contributed by atoms with van der Waals surface area (Å²) in [6, 6.07) is 7.48. The molecular formula is C31H37NO7. The van der Waals surface area contributed by atoms with Crippen LogP contribution >= 0.6 is 0 Å².